The molecule has 1 heteroatoms. The van der Waals surface area contributed by atoms with Crippen LogP contribution in [0.4, 0.5) is 0 Å². The lowest BCUT2D eigenvalue weighted by Gasteiger charge is -1.98. The molecule has 2 aromatic rings. The topological polar surface area (TPSA) is 0 Å². The average molecular weight is 241 g/mol. The minimum Gasteiger partial charge on any atom is -0.0843 e. The molecule has 2 aromatic carbocycles. The zero-order chi connectivity index (χ0) is 12.3. The zero-order valence-electron chi connectivity index (χ0n) is 9.92. The Bertz CT molecular complexity index is 583. The second kappa shape index (κ2) is 5.08. The standard InChI is InChI=1S/C16H13Cl/c1-12-3-5-14(6-4-12)7-8-15-9-10-16(17)11-13(15)2/h3-6,9-11H,1-2H3. The lowest BCUT2D eigenvalue weighted by Crippen LogP contribution is -1.82. The van der Waals surface area contributed by atoms with E-state index < -0.39 is 0 Å². The highest BCUT2D eigenvalue weighted by molar-refractivity contribution is 6.30. The third-order valence-corrected chi connectivity index (χ3v) is 2.82. The number of hydrogen-bond donors (Lipinski definition) is 0. The van der Waals surface area contributed by atoms with Crippen molar-refractivity contribution in [1.29, 1.82) is 0 Å². The molecule has 0 aliphatic carbocycles. The molecular formula is C16H13Cl. The maximum absolute atomic E-state index is 5.90. The van der Waals surface area contributed by atoms with Gasteiger partial charge in [0, 0.05) is 16.1 Å². The summed E-state index contributed by atoms with van der Waals surface area (Å²) in [5.41, 5.74) is 4.41. The van der Waals surface area contributed by atoms with E-state index in [2.05, 4.69) is 30.9 Å². The van der Waals surface area contributed by atoms with Crippen molar-refractivity contribution in [2.45, 2.75) is 13.8 Å². The van der Waals surface area contributed by atoms with Crippen molar-refractivity contribution in [3.63, 3.8) is 0 Å². The fourth-order valence-corrected chi connectivity index (χ4v) is 1.77. The van der Waals surface area contributed by atoms with Gasteiger partial charge < -0.3 is 0 Å². The third-order valence-electron chi connectivity index (χ3n) is 2.58. The molecule has 0 unspecified atom stereocenters. The fraction of sp³-hybridized carbons (Fsp3) is 0.125. The molecule has 0 saturated carbocycles. The van der Waals surface area contributed by atoms with Gasteiger partial charge in [0.2, 0.25) is 0 Å². The van der Waals surface area contributed by atoms with Crippen LogP contribution in [0, 0.1) is 25.7 Å². The van der Waals surface area contributed by atoms with Gasteiger partial charge in [-0.25, -0.2) is 0 Å². The Balaban J connectivity index is 2.29. The molecule has 0 aliphatic rings. The number of benzene rings is 2. The molecule has 0 bridgehead atoms. The van der Waals surface area contributed by atoms with Gasteiger partial charge in [-0.3, -0.25) is 0 Å². The first-order chi connectivity index (χ1) is 8.15. The summed E-state index contributed by atoms with van der Waals surface area (Å²) in [6.45, 7) is 4.09. The van der Waals surface area contributed by atoms with Crippen LogP contribution in [0.2, 0.25) is 5.02 Å². The minimum atomic E-state index is 0.753. The maximum atomic E-state index is 5.90. The van der Waals surface area contributed by atoms with Gasteiger partial charge in [0.15, 0.2) is 0 Å². The summed E-state index contributed by atoms with van der Waals surface area (Å²) >= 11 is 5.90. The van der Waals surface area contributed by atoms with Crippen LogP contribution in [-0.4, -0.2) is 0 Å². The van der Waals surface area contributed by atoms with Gasteiger partial charge in [-0.1, -0.05) is 41.1 Å². The summed E-state index contributed by atoms with van der Waals surface area (Å²) in [5.74, 6) is 6.32. The number of halogens is 1. The number of rotatable bonds is 0. The summed E-state index contributed by atoms with van der Waals surface area (Å²) in [5, 5.41) is 0.753. The van der Waals surface area contributed by atoms with E-state index in [0.29, 0.717) is 0 Å². The largest absolute Gasteiger partial charge is 0.0843 e. The molecule has 2 rings (SSSR count). The van der Waals surface area contributed by atoms with Crippen LogP contribution >= 0.6 is 11.6 Å². The Kier molecular flexibility index (Phi) is 3.52. The normalized spacial score (nSPS) is 9.59. The molecule has 0 fully saturated rings. The van der Waals surface area contributed by atoms with Crippen LogP contribution in [0.3, 0.4) is 0 Å². The van der Waals surface area contributed by atoms with Crippen LogP contribution in [-0.2, 0) is 0 Å². The maximum Gasteiger partial charge on any atom is 0.0409 e. The summed E-state index contributed by atoms with van der Waals surface area (Å²) in [7, 11) is 0. The van der Waals surface area contributed by atoms with E-state index in [1.807, 2.05) is 37.3 Å². The van der Waals surface area contributed by atoms with Crippen LogP contribution in [0.15, 0.2) is 42.5 Å². The predicted molar refractivity (Wildman–Crippen MR) is 73.3 cm³/mol. The van der Waals surface area contributed by atoms with Crippen LogP contribution in [0.1, 0.15) is 22.3 Å². The summed E-state index contributed by atoms with van der Waals surface area (Å²) in [6, 6.07) is 14.0. The van der Waals surface area contributed by atoms with E-state index in [1.54, 1.807) is 0 Å². The van der Waals surface area contributed by atoms with E-state index >= 15 is 0 Å². The zero-order valence-corrected chi connectivity index (χ0v) is 10.7. The summed E-state index contributed by atoms with van der Waals surface area (Å²) < 4.78 is 0. The van der Waals surface area contributed by atoms with Crippen molar-refractivity contribution in [2.75, 3.05) is 0 Å². The van der Waals surface area contributed by atoms with Gasteiger partial charge in [-0.2, -0.15) is 0 Å². The van der Waals surface area contributed by atoms with Crippen molar-refractivity contribution >= 4 is 11.6 Å². The summed E-state index contributed by atoms with van der Waals surface area (Å²) in [4.78, 5) is 0. The van der Waals surface area contributed by atoms with E-state index in [9.17, 15) is 0 Å². The molecule has 0 saturated heterocycles. The van der Waals surface area contributed by atoms with Crippen LogP contribution in [0.5, 0.6) is 0 Å². The van der Waals surface area contributed by atoms with Gasteiger partial charge in [0.05, 0.1) is 0 Å². The van der Waals surface area contributed by atoms with Gasteiger partial charge in [-0.05, 0) is 49.7 Å². The second-order valence-corrected chi connectivity index (χ2v) is 4.51. The highest BCUT2D eigenvalue weighted by Gasteiger charge is 1.95. The van der Waals surface area contributed by atoms with Crippen molar-refractivity contribution in [2.24, 2.45) is 0 Å². The molecule has 0 atom stereocenters. The highest BCUT2D eigenvalue weighted by atomic mass is 35.5. The Morgan fingerprint density at radius 3 is 2.24 bits per heavy atom. The Labute approximate surface area is 107 Å². The molecule has 17 heavy (non-hydrogen) atoms. The first-order valence-electron chi connectivity index (χ1n) is 5.50. The smallest absolute Gasteiger partial charge is 0.0409 e. The number of aryl methyl sites for hydroxylation is 2. The van der Waals surface area contributed by atoms with Crippen molar-refractivity contribution in [1.82, 2.24) is 0 Å². The first kappa shape index (κ1) is 11.8. The fourth-order valence-electron chi connectivity index (χ4n) is 1.54. The molecule has 84 valence electrons. The molecule has 0 spiro atoms. The van der Waals surface area contributed by atoms with Crippen molar-refractivity contribution in [3.8, 4) is 11.8 Å². The quantitative estimate of drug-likeness (QED) is 0.601. The van der Waals surface area contributed by atoms with Crippen molar-refractivity contribution < 1.29 is 0 Å². The Morgan fingerprint density at radius 1 is 0.882 bits per heavy atom. The molecule has 0 N–H and O–H groups in total. The predicted octanol–water partition coefficient (Wildman–Crippen LogP) is 4.36. The van der Waals surface area contributed by atoms with Crippen molar-refractivity contribution in [3.05, 3.63) is 69.7 Å². The minimum absolute atomic E-state index is 0.753. The molecule has 0 aromatic heterocycles. The van der Waals surface area contributed by atoms with Crippen LogP contribution < -0.4 is 0 Å². The van der Waals surface area contributed by atoms with Gasteiger partial charge in [-0.15, -0.1) is 0 Å². The monoisotopic (exact) mass is 240 g/mol. The molecule has 0 heterocycles. The van der Waals surface area contributed by atoms with Gasteiger partial charge in [0.25, 0.3) is 0 Å². The number of hydrogen-bond acceptors (Lipinski definition) is 0. The average Bonchev–Trinajstić information content (AvgIpc) is 2.30. The summed E-state index contributed by atoms with van der Waals surface area (Å²) in [6.07, 6.45) is 0. The lowest BCUT2D eigenvalue weighted by molar-refractivity contribution is 1.43. The molecule has 0 radical (unpaired) electrons. The molecule has 0 nitrogen and oxygen atoms in total. The second-order valence-electron chi connectivity index (χ2n) is 4.08. The molecule has 0 amide bonds. The van der Waals surface area contributed by atoms with E-state index in [4.69, 9.17) is 11.6 Å². The Hall–Kier alpha value is -1.71. The Morgan fingerprint density at radius 2 is 1.59 bits per heavy atom. The van der Waals surface area contributed by atoms with E-state index in [-0.39, 0.29) is 0 Å². The van der Waals surface area contributed by atoms with Gasteiger partial charge in [0.1, 0.15) is 0 Å². The highest BCUT2D eigenvalue weighted by Crippen LogP contribution is 2.14. The third kappa shape index (κ3) is 3.12. The molecule has 0 aliphatic heterocycles. The lowest BCUT2D eigenvalue weighted by atomic mass is 10.1. The SMILES string of the molecule is Cc1ccc(C#Cc2ccc(Cl)cc2C)cc1. The van der Waals surface area contributed by atoms with Crippen LogP contribution in [0.25, 0.3) is 0 Å². The van der Waals surface area contributed by atoms with E-state index in [0.717, 1.165) is 21.7 Å². The van der Waals surface area contributed by atoms with Gasteiger partial charge >= 0.3 is 0 Å². The molecular weight excluding hydrogens is 228 g/mol. The van der Waals surface area contributed by atoms with E-state index in [1.165, 1.54) is 5.56 Å². The first-order valence-corrected chi connectivity index (χ1v) is 5.88.